The Balaban J connectivity index is 3.05. The summed E-state index contributed by atoms with van der Waals surface area (Å²) in [7, 11) is 0. The van der Waals surface area contributed by atoms with Gasteiger partial charge < -0.3 is 15.7 Å². The van der Waals surface area contributed by atoms with Crippen molar-refractivity contribution in [2.75, 3.05) is 23.8 Å². The molecule has 8 heteroatoms. The number of nitrogens with zero attached hydrogens (tertiary/aromatic N) is 3. The lowest BCUT2D eigenvalue weighted by Gasteiger charge is -2.23. The van der Waals surface area contributed by atoms with Gasteiger partial charge in [-0.1, -0.05) is 6.92 Å². The normalized spacial score (nSPS) is 11.2. The van der Waals surface area contributed by atoms with E-state index in [1.54, 1.807) is 13.8 Å². The van der Waals surface area contributed by atoms with Crippen molar-refractivity contribution in [1.29, 1.82) is 0 Å². The first-order valence-electron chi connectivity index (χ1n) is 6.04. The van der Waals surface area contributed by atoms with E-state index in [0.717, 1.165) is 12.6 Å². The SMILES string of the molecule is CCCNc1ncc([N+](=O)[O-])c(NC(C)(C)CO)n1. The Kier molecular flexibility index (Phi) is 4.99. The van der Waals surface area contributed by atoms with Gasteiger partial charge in [-0.05, 0) is 20.3 Å². The van der Waals surface area contributed by atoms with Crippen LogP contribution in [-0.4, -0.2) is 38.7 Å². The molecule has 8 nitrogen and oxygen atoms in total. The lowest BCUT2D eigenvalue weighted by atomic mass is 10.1. The summed E-state index contributed by atoms with van der Waals surface area (Å²) >= 11 is 0. The number of aliphatic hydroxyl groups is 1. The summed E-state index contributed by atoms with van der Waals surface area (Å²) in [6.45, 7) is 5.94. The van der Waals surface area contributed by atoms with Gasteiger partial charge in [0.05, 0.1) is 17.1 Å². The van der Waals surface area contributed by atoms with Crippen molar-refractivity contribution < 1.29 is 10.0 Å². The number of nitrogens with one attached hydrogen (secondary N) is 2. The summed E-state index contributed by atoms with van der Waals surface area (Å²) < 4.78 is 0. The molecule has 0 aromatic carbocycles. The van der Waals surface area contributed by atoms with E-state index in [0.29, 0.717) is 12.5 Å². The van der Waals surface area contributed by atoms with Gasteiger partial charge in [-0.15, -0.1) is 0 Å². The van der Waals surface area contributed by atoms with Crippen LogP contribution in [0.25, 0.3) is 0 Å². The number of nitro groups is 1. The Hall–Kier alpha value is -1.96. The van der Waals surface area contributed by atoms with Crippen LogP contribution in [0.2, 0.25) is 0 Å². The van der Waals surface area contributed by atoms with Crippen molar-refractivity contribution in [3.05, 3.63) is 16.3 Å². The summed E-state index contributed by atoms with van der Waals surface area (Å²) in [5.74, 6) is 0.418. The molecule has 3 N–H and O–H groups in total. The molecule has 0 radical (unpaired) electrons. The van der Waals surface area contributed by atoms with E-state index in [-0.39, 0.29) is 18.1 Å². The fourth-order valence-electron chi connectivity index (χ4n) is 1.28. The van der Waals surface area contributed by atoms with Crippen LogP contribution in [0.3, 0.4) is 0 Å². The molecule has 1 heterocycles. The highest BCUT2D eigenvalue weighted by molar-refractivity contribution is 5.58. The maximum absolute atomic E-state index is 10.9. The molecular weight excluding hydrogens is 250 g/mol. The van der Waals surface area contributed by atoms with Crippen LogP contribution in [0.5, 0.6) is 0 Å². The van der Waals surface area contributed by atoms with Crippen LogP contribution in [0.1, 0.15) is 27.2 Å². The van der Waals surface area contributed by atoms with Gasteiger partial charge in [-0.3, -0.25) is 10.1 Å². The average Bonchev–Trinajstić information content (AvgIpc) is 2.35. The average molecular weight is 269 g/mol. The predicted molar refractivity (Wildman–Crippen MR) is 72.3 cm³/mol. The molecule has 0 spiro atoms. The fourth-order valence-corrected chi connectivity index (χ4v) is 1.28. The van der Waals surface area contributed by atoms with E-state index in [1.165, 1.54) is 0 Å². The third-order valence-electron chi connectivity index (χ3n) is 2.35. The summed E-state index contributed by atoms with van der Waals surface area (Å²) in [6, 6.07) is 0. The molecular formula is C11H19N5O3. The van der Waals surface area contributed by atoms with Crippen molar-refractivity contribution in [1.82, 2.24) is 9.97 Å². The van der Waals surface area contributed by atoms with E-state index in [4.69, 9.17) is 0 Å². The Bertz CT molecular complexity index is 450. The Morgan fingerprint density at radius 1 is 1.53 bits per heavy atom. The van der Waals surface area contributed by atoms with Gasteiger partial charge in [0.2, 0.25) is 11.8 Å². The zero-order valence-corrected chi connectivity index (χ0v) is 11.3. The van der Waals surface area contributed by atoms with E-state index >= 15 is 0 Å². The first-order valence-corrected chi connectivity index (χ1v) is 6.04. The van der Waals surface area contributed by atoms with Gasteiger partial charge in [0.15, 0.2) is 0 Å². The van der Waals surface area contributed by atoms with Gasteiger partial charge in [-0.2, -0.15) is 4.98 Å². The summed E-state index contributed by atoms with van der Waals surface area (Å²) in [5, 5.41) is 25.9. The maximum atomic E-state index is 10.9. The number of aromatic nitrogens is 2. The molecule has 0 amide bonds. The van der Waals surface area contributed by atoms with Gasteiger partial charge in [0, 0.05) is 6.54 Å². The van der Waals surface area contributed by atoms with Gasteiger partial charge in [-0.25, -0.2) is 4.98 Å². The molecule has 0 fully saturated rings. The highest BCUT2D eigenvalue weighted by Crippen LogP contribution is 2.25. The molecule has 0 aliphatic heterocycles. The third-order valence-corrected chi connectivity index (χ3v) is 2.35. The molecule has 1 aromatic rings. The standard InChI is InChI=1S/C11H19N5O3/c1-4-5-12-10-13-6-8(16(18)19)9(14-10)15-11(2,3)7-17/h6,17H,4-5,7H2,1-3H3,(H2,12,13,14,15). The second-order valence-corrected chi connectivity index (χ2v) is 4.78. The molecule has 0 aliphatic carbocycles. The number of hydrogen-bond acceptors (Lipinski definition) is 7. The lowest BCUT2D eigenvalue weighted by Crippen LogP contribution is -2.35. The van der Waals surface area contributed by atoms with E-state index in [2.05, 4.69) is 20.6 Å². The van der Waals surface area contributed by atoms with E-state index in [1.807, 2.05) is 6.92 Å². The van der Waals surface area contributed by atoms with Gasteiger partial charge >= 0.3 is 5.69 Å². The van der Waals surface area contributed by atoms with Crippen molar-refractivity contribution in [3.63, 3.8) is 0 Å². The monoisotopic (exact) mass is 269 g/mol. The van der Waals surface area contributed by atoms with Gasteiger partial charge in [0.25, 0.3) is 0 Å². The Morgan fingerprint density at radius 3 is 2.74 bits per heavy atom. The molecule has 1 aromatic heterocycles. The molecule has 106 valence electrons. The molecule has 1 rings (SSSR count). The molecule has 0 unspecified atom stereocenters. The minimum atomic E-state index is -0.707. The third kappa shape index (κ3) is 4.32. The highest BCUT2D eigenvalue weighted by atomic mass is 16.6. The molecule has 0 bridgehead atoms. The smallest absolute Gasteiger partial charge is 0.329 e. The zero-order valence-electron chi connectivity index (χ0n) is 11.3. The lowest BCUT2D eigenvalue weighted by molar-refractivity contribution is -0.384. The van der Waals surface area contributed by atoms with Crippen molar-refractivity contribution in [2.24, 2.45) is 0 Å². The Morgan fingerprint density at radius 2 is 2.21 bits per heavy atom. The highest BCUT2D eigenvalue weighted by Gasteiger charge is 2.24. The molecule has 19 heavy (non-hydrogen) atoms. The van der Waals surface area contributed by atoms with E-state index in [9.17, 15) is 15.2 Å². The fraction of sp³-hybridized carbons (Fsp3) is 0.636. The molecule has 0 saturated heterocycles. The van der Waals surface area contributed by atoms with E-state index < -0.39 is 10.5 Å². The number of aliphatic hydroxyl groups excluding tert-OH is 1. The Labute approximate surface area is 111 Å². The minimum Gasteiger partial charge on any atom is -0.394 e. The van der Waals surface area contributed by atoms with Crippen LogP contribution < -0.4 is 10.6 Å². The van der Waals surface area contributed by atoms with Crippen LogP contribution in [-0.2, 0) is 0 Å². The zero-order chi connectivity index (χ0) is 14.5. The van der Waals surface area contributed by atoms with Crippen LogP contribution >= 0.6 is 0 Å². The van der Waals surface area contributed by atoms with Crippen molar-refractivity contribution >= 4 is 17.5 Å². The second-order valence-electron chi connectivity index (χ2n) is 4.78. The largest absolute Gasteiger partial charge is 0.394 e. The van der Waals surface area contributed by atoms with Crippen LogP contribution in [0.15, 0.2) is 6.20 Å². The summed E-state index contributed by atoms with van der Waals surface area (Å²) in [6.07, 6.45) is 2.05. The minimum absolute atomic E-state index is 0.0950. The first kappa shape index (κ1) is 15.1. The van der Waals surface area contributed by atoms with Crippen LogP contribution in [0.4, 0.5) is 17.5 Å². The first-order chi connectivity index (χ1) is 8.89. The second kappa shape index (κ2) is 6.28. The summed E-state index contributed by atoms with van der Waals surface area (Å²) in [4.78, 5) is 18.3. The van der Waals surface area contributed by atoms with Crippen LogP contribution in [0, 0.1) is 10.1 Å². The number of anilines is 2. The molecule has 0 aliphatic rings. The maximum Gasteiger partial charge on any atom is 0.329 e. The molecule has 0 atom stereocenters. The predicted octanol–water partition coefficient (Wildman–Crippen LogP) is 1.39. The molecule has 0 saturated carbocycles. The quantitative estimate of drug-likeness (QED) is 0.506. The van der Waals surface area contributed by atoms with Crippen molar-refractivity contribution in [2.45, 2.75) is 32.7 Å². The topological polar surface area (TPSA) is 113 Å². The number of hydrogen-bond donors (Lipinski definition) is 3. The van der Waals surface area contributed by atoms with Gasteiger partial charge in [0.1, 0.15) is 6.20 Å². The van der Waals surface area contributed by atoms with Crippen molar-refractivity contribution in [3.8, 4) is 0 Å². The number of rotatable bonds is 7. The summed E-state index contributed by atoms with van der Waals surface area (Å²) in [5.41, 5.74) is -0.926.